The van der Waals surface area contributed by atoms with Crippen LogP contribution in [0.2, 0.25) is 0 Å². The summed E-state index contributed by atoms with van der Waals surface area (Å²) in [6, 6.07) is 9.43. The number of aryl methyl sites for hydroxylation is 1. The Balaban J connectivity index is 1.73. The van der Waals surface area contributed by atoms with Gasteiger partial charge in [0.25, 0.3) is 0 Å². The summed E-state index contributed by atoms with van der Waals surface area (Å²) in [4.78, 5) is 26.8. The van der Waals surface area contributed by atoms with Crippen molar-refractivity contribution in [3.8, 4) is 0 Å². The molecule has 0 aliphatic carbocycles. The Kier molecular flexibility index (Phi) is 4.92. The first-order valence-corrected chi connectivity index (χ1v) is 9.36. The summed E-state index contributed by atoms with van der Waals surface area (Å²) in [5, 5.41) is 7.39. The van der Waals surface area contributed by atoms with E-state index in [1.54, 1.807) is 16.6 Å². The van der Waals surface area contributed by atoms with Crippen molar-refractivity contribution in [2.45, 2.75) is 32.6 Å². The second-order valence-electron chi connectivity index (χ2n) is 7.63. The molecule has 1 aromatic carbocycles. The lowest BCUT2D eigenvalue weighted by atomic mass is 9.92. The Morgan fingerprint density at radius 1 is 1.31 bits per heavy atom. The third-order valence-electron chi connectivity index (χ3n) is 4.54. The molecule has 1 N–H and O–H groups in total. The topological polar surface area (TPSA) is 67.2 Å². The predicted octanol–water partition coefficient (Wildman–Crippen LogP) is 3.47. The van der Waals surface area contributed by atoms with Crippen molar-refractivity contribution in [3.05, 3.63) is 40.5 Å². The molecular formula is C19H23BrN4O2. The van der Waals surface area contributed by atoms with Gasteiger partial charge in [-0.3, -0.25) is 14.3 Å². The lowest BCUT2D eigenvalue weighted by Gasteiger charge is -2.18. The first-order chi connectivity index (χ1) is 12.2. The molecule has 0 spiro atoms. The molecule has 3 rings (SSSR count). The minimum Gasteiger partial charge on any atom is -0.311 e. The van der Waals surface area contributed by atoms with E-state index in [-0.39, 0.29) is 29.6 Å². The fraction of sp³-hybridized carbons (Fsp3) is 0.421. The molecule has 0 radical (unpaired) electrons. The molecule has 1 aromatic heterocycles. The molecule has 1 saturated heterocycles. The van der Waals surface area contributed by atoms with Crippen LogP contribution in [0.15, 0.2) is 34.8 Å². The van der Waals surface area contributed by atoms with E-state index >= 15 is 0 Å². The van der Waals surface area contributed by atoms with E-state index in [9.17, 15) is 9.59 Å². The van der Waals surface area contributed by atoms with E-state index in [2.05, 4.69) is 47.1 Å². The molecule has 1 aliphatic rings. The second kappa shape index (κ2) is 6.87. The van der Waals surface area contributed by atoms with E-state index in [1.807, 2.05) is 30.3 Å². The van der Waals surface area contributed by atoms with Crippen molar-refractivity contribution in [1.82, 2.24) is 9.78 Å². The van der Waals surface area contributed by atoms with E-state index < -0.39 is 0 Å². The highest BCUT2D eigenvalue weighted by Crippen LogP contribution is 2.32. The predicted molar refractivity (Wildman–Crippen MR) is 105 cm³/mol. The van der Waals surface area contributed by atoms with Gasteiger partial charge in [-0.15, -0.1) is 0 Å². The molecule has 2 amide bonds. The van der Waals surface area contributed by atoms with Crippen molar-refractivity contribution in [2.24, 2.45) is 13.0 Å². The highest BCUT2D eigenvalue weighted by molar-refractivity contribution is 9.10. The van der Waals surface area contributed by atoms with Crippen LogP contribution in [-0.2, 0) is 22.1 Å². The number of nitrogens with one attached hydrogen (secondary N) is 1. The molecule has 2 aromatic rings. The Labute approximate surface area is 161 Å². The van der Waals surface area contributed by atoms with Crippen LogP contribution >= 0.6 is 15.9 Å². The number of rotatable bonds is 3. The summed E-state index contributed by atoms with van der Waals surface area (Å²) in [6.45, 7) is 6.60. The highest BCUT2D eigenvalue weighted by atomic mass is 79.9. The summed E-state index contributed by atoms with van der Waals surface area (Å²) >= 11 is 3.47. The molecular weight excluding hydrogens is 396 g/mol. The van der Waals surface area contributed by atoms with Crippen LogP contribution < -0.4 is 10.2 Å². The van der Waals surface area contributed by atoms with Crippen LogP contribution in [0.5, 0.6) is 0 Å². The highest BCUT2D eigenvalue weighted by Gasteiger charge is 2.36. The van der Waals surface area contributed by atoms with E-state index in [0.717, 1.165) is 15.9 Å². The smallest absolute Gasteiger partial charge is 0.230 e. The minimum absolute atomic E-state index is 0.0440. The maximum absolute atomic E-state index is 12.7. The van der Waals surface area contributed by atoms with Gasteiger partial charge in [-0.25, -0.2) is 0 Å². The van der Waals surface area contributed by atoms with Gasteiger partial charge in [0.2, 0.25) is 11.8 Å². The minimum atomic E-state index is -0.386. The number of amides is 2. The molecule has 26 heavy (non-hydrogen) atoms. The lowest BCUT2D eigenvalue weighted by Crippen LogP contribution is -2.28. The van der Waals surface area contributed by atoms with Gasteiger partial charge in [0.05, 0.1) is 17.3 Å². The average Bonchev–Trinajstić information content (AvgIpc) is 3.11. The van der Waals surface area contributed by atoms with Gasteiger partial charge in [-0.2, -0.15) is 5.10 Å². The number of benzene rings is 1. The number of halogens is 1. The quantitative estimate of drug-likeness (QED) is 0.829. The van der Waals surface area contributed by atoms with E-state index in [4.69, 9.17) is 0 Å². The molecule has 1 atom stereocenters. The number of hydrogen-bond acceptors (Lipinski definition) is 3. The lowest BCUT2D eigenvalue weighted by molar-refractivity contribution is -0.122. The van der Waals surface area contributed by atoms with Gasteiger partial charge in [0.15, 0.2) is 0 Å². The van der Waals surface area contributed by atoms with Crippen molar-refractivity contribution in [2.75, 3.05) is 16.8 Å². The van der Waals surface area contributed by atoms with Crippen LogP contribution in [0.25, 0.3) is 0 Å². The third-order valence-corrected chi connectivity index (χ3v) is 5.21. The average molecular weight is 419 g/mol. The van der Waals surface area contributed by atoms with Gasteiger partial charge < -0.3 is 10.2 Å². The largest absolute Gasteiger partial charge is 0.311 e. The van der Waals surface area contributed by atoms with Crippen molar-refractivity contribution in [3.63, 3.8) is 0 Å². The van der Waals surface area contributed by atoms with Crippen LogP contribution in [0.3, 0.4) is 0 Å². The Bertz CT molecular complexity index is 853. The third kappa shape index (κ3) is 3.67. The zero-order valence-electron chi connectivity index (χ0n) is 15.4. The maximum atomic E-state index is 12.7. The van der Waals surface area contributed by atoms with Gasteiger partial charge in [-0.1, -0.05) is 32.9 Å². The molecule has 138 valence electrons. The SMILES string of the molecule is Cn1nc(C(C)(C)C)cc1NC(=O)[C@@H]1CC(=O)N(c2ccccc2Br)C1. The monoisotopic (exact) mass is 418 g/mol. The van der Waals surface area contributed by atoms with Crippen molar-refractivity contribution < 1.29 is 9.59 Å². The standard InChI is InChI=1S/C19H23BrN4O2/c1-19(2,3)15-10-16(23(4)22-15)21-18(26)12-9-17(25)24(11-12)14-8-6-5-7-13(14)20/h5-8,10,12H,9,11H2,1-4H3,(H,21,26)/t12-/m1/s1. The van der Waals surface area contributed by atoms with Gasteiger partial charge in [-0.05, 0) is 28.1 Å². The number of carbonyl (C=O) groups excluding carboxylic acids is 2. The first kappa shape index (κ1) is 18.6. The van der Waals surface area contributed by atoms with Crippen LogP contribution in [-0.4, -0.2) is 28.1 Å². The Morgan fingerprint density at radius 3 is 2.62 bits per heavy atom. The number of nitrogens with zero attached hydrogens (tertiary/aromatic N) is 3. The fourth-order valence-electron chi connectivity index (χ4n) is 2.97. The first-order valence-electron chi connectivity index (χ1n) is 8.57. The van der Waals surface area contributed by atoms with E-state index in [0.29, 0.717) is 12.4 Å². The Hall–Kier alpha value is -2.15. The number of anilines is 2. The summed E-state index contributed by atoms with van der Waals surface area (Å²) in [7, 11) is 1.80. The molecule has 0 unspecified atom stereocenters. The summed E-state index contributed by atoms with van der Waals surface area (Å²) < 4.78 is 2.51. The number of para-hydroxylation sites is 1. The summed E-state index contributed by atoms with van der Waals surface area (Å²) in [5.41, 5.74) is 1.61. The van der Waals surface area contributed by atoms with Gasteiger partial charge in [0, 0.05) is 36.0 Å². The Morgan fingerprint density at radius 2 is 2.00 bits per heavy atom. The number of carbonyl (C=O) groups is 2. The normalized spacial score (nSPS) is 17.7. The number of hydrogen-bond donors (Lipinski definition) is 1. The number of aromatic nitrogens is 2. The molecule has 0 bridgehead atoms. The van der Waals surface area contributed by atoms with Crippen molar-refractivity contribution in [1.29, 1.82) is 0 Å². The maximum Gasteiger partial charge on any atom is 0.230 e. The molecule has 1 fully saturated rings. The molecule has 6 nitrogen and oxygen atoms in total. The summed E-state index contributed by atoms with van der Waals surface area (Å²) in [5.74, 6) is 0.0584. The van der Waals surface area contributed by atoms with Crippen LogP contribution in [0.4, 0.5) is 11.5 Å². The van der Waals surface area contributed by atoms with Crippen molar-refractivity contribution >= 4 is 39.2 Å². The molecule has 7 heteroatoms. The zero-order valence-corrected chi connectivity index (χ0v) is 17.0. The zero-order chi connectivity index (χ0) is 19.1. The molecule has 1 aliphatic heterocycles. The van der Waals surface area contributed by atoms with Gasteiger partial charge >= 0.3 is 0 Å². The van der Waals surface area contributed by atoms with Crippen LogP contribution in [0.1, 0.15) is 32.9 Å². The summed E-state index contributed by atoms with van der Waals surface area (Å²) in [6.07, 6.45) is 0.206. The fourth-order valence-corrected chi connectivity index (χ4v) is 3.46. The molecule has 0 saturated carbocycles. The van der Waals surface area contributed by atoms with E-state index in [1.165, 1.54) is 0 Å². The second-order valence-corrected chi connectivity index (χ2v) is 8.49. The van der Waals surface area contributed by atoms with Crippen LogP contribution in [0, 0.1) is 5.92 Å². The van der Waals surface area contributed by atoms with Gasteiger partial charge in [0.1, 0.15) is 5.82 Å². The molecule has 2 heterocycles.